The fourth-order valence-electron chi connectivity index (χ4n) is 3.77. The molecule has 0 bridgehead atoms. The van der Waals surface area contributed by atoms with Gasteiger partial charge in [-0.3, -0.25) is 4.90 Å². The maximum Gasteiger partial charge on any atom is 0.323 e. The van der Waals surface area contributed by atoms with Crippen LogP contribution in [0.25, 0.3) is 11.0 Å². The molecular weight excluding hydrogens is 338 g/mol. The smallest absolute Gasteiger partial charge is 0.323 e. The first-order valence-electron chi connectivity index (χ1n) is 8.83. The number of fused-ring (bicyclic) bond motifs is 1. The summed E-state index contributed by atoms with van der Waals surface area (Å²) >= 11 is 0. The molecule has 0 unspecified atom stereocenters. The molecule has 2 aromatic rings. The van der Waals surface area contributed by atoms with Crippen LogP contribution in [0.4, 0.5) is 10.5 Å². The molecule has 0 radical (unpaired) electrons. The Balaban J connectivity index is 1.47. The molecule has 140 valence electrons. The van der Waals surface area contributed by atoms with Crippen LogP contribution in [-0.2, 0) is 4.74 Å². The number of amides is 2. The summed E-state index contributed by atoms with van der Waals surface area (Å²) in [5.74, 6) is 0.474. The van der Waals surface area contributed by atoms with Gasteiger partial charge in [-0.15, -0.1) is 0 Å². The van der Waals surface area contributed by atoms with Gasteiger partial charge in [0.15, 0.2) is 0 Å². The number of benzene rings is 1. The van der Waals surface area contributed by atoms with Crippen molar-refractivity contribution < 1.29 is 14.3 Å². The Kier molecular flexibility index (Phi) is 4.56. The van der Waals surface area contributed by atoms with Crippen LogP contribution in [0.15, 0.2) is 16.9 Å². The molecule has 26 heavy (non-hydrogen) atoms. The highest BCUT2D eigenvalue weighted by molar-refractivity contribution is 5.94. The number of rotatable bonds is 4. The third kappa shape index (κ3) is 3.27. The lowest BCUT2D eigenvalue weighted by atomic mass is 10.1. The average Bonchev–Trinajstić information content (AvgIpc) is 3.33. The summed E-state index contributed by atoms with van der Waals surface area (Å²) in [5.41, 5.74) is 1.41. The number of carbonyl (C=O) groups is 1. The number of nitrogens with zero attached hydrogens (tertiary/aromatic N) is 1. The predicted octanol–water partition coefficient (Wildman–Crippen LogP) is 0.849. The normalized spacial score (nSPS) is 23.4. The van der Waals surface area contributed by atoms with Gasteiger partial charge in [0.25, 0.3) is 0 Å². The Morgan fingerprint density at radius 2 is 1.96 bits per heavy atom. The lowest BCUT2D eigenvalue weighted by Crippen LogP contribution is -2.51. The number of H-pyrrole nitrogens is 2. The first-order valence-corrected chi connectivity index (χ1v) is 8.83. The van der Waals surface area contributed by atoms with Crippen molar-refractivity contribution in [3.05, 3.63) is 22.6 Å². The third-order valence-corrected chi connectivity index (χ3v) is 5.06. The number of likely N-dealkylation sites (tertiary alicyclic amines) is 1. The van der Waals surface area contributed by atoms with E-state index in [2.05, 4.69) is 25.5 Å². The lowest BCUT2D eigenvalue weighted by Gasteiger charge is -2.28. The van der Waals surface area contributed by atoms with Gasteiger partial charge >= 0.3 is 11.7 Å². The van der Waals surface area contributed by atoms with Crippen LogP contribution in [0.1, 0.15) is 12.8 Å². The van der Waals surface area contributed by atoms with Crippen molar-refractivity contribution in [3.8, 4) is 5.75 Å². The van der Waals surface area contributed by atoms with Crippen molar-refractivity contribution in [2.75, 3.05) is 38.7 Å². The fourth-order valence-corrected chi connectivity index (χ4v) is 3.77. The number of nitrogens with one attached hydrogen (secondary N) is 4. The van der Waals surface area contributed by atoms with Gasteiger partial charge in [0, 0.05) is 6.07 Å². The Bertz CT molecular complexity index is 854. The summed E-state index contributed by atoms with van der Waals surface area (Å²) in [6, 6.07) is 3.20. The SMILES string of the molecule is COc1cc2[nH]c(=O)[nH]c2cc1NC(=O)N[C@H]1COC[C@@H]1N1CCCC1. The Morgan fingerprint density at radius 3 is 2.69 bits per heavy atom. The summed E-state index contributed by atoms with van der Waals surface area (Å²) in [6.45, 7) is 3.26. The first-order chi connectivity index (χ1) is 12.6. The number of anilines is 1. The van der Waals surface area contributed by atoms with E-state index in [0.29, 0.717) is 35.7 Å². The summed E-state index contributed by atoms with van der Waals surface area (Å²) in [5, 5.41) is 5.82. The number of hydrogen-bond donors (Lipinski definition) is 4. The molecule has 2 amide bonds. The van der Waals surface area contributed by atoms with E-state index in [1.165, 1.54) is 20.0 Å². The molecule has 2 aliphatic rings. The maximum atomic E-state index is 12.5. The maximum absolute atomic E-state index is 12.5. The highest BCUT2D eigenvalue weighted by Gasteiger charge is 2.35. The Morgan fingerprint density at radius 1 is 1.23 bits per heavy atom. The van der Waals surface area contributed by atoms with E-state index < -0.39 is 0 Å². The largest absolute Gasteiger partial charge is 0.494 e. The molecule has 0 saturated carbocycles. The molecule has 2 aliphatic heterocycles. The zero-order valence-corrected chi connectivity index (χ0v) is 14.6. The fraction of sp³-hybridized carbons (Fsp3) is 0.529. The van der Waals surface area contributed by atoms with Crippen molar-refractivity contribution >= 4 is 22.8 Å². The van der Waals surface area contributed by atoms with Crippen molar-refractivity contribution in [2.45, 2.75) is 24.9 Å². The van der Waals surface area contributed by atoms with Gasteiger partial charge in [-0.25, -0.2) is 9.59 Å². The van der Waals surface area contributed by atoms with Gasteiger partial charge in [-0.1, -0.05) is 0 Å². The summed E-state index contributed by atoms with van der Waals surface area (Å²) in [6.07, 6.45) is 2.39. The van der Waals surface area contributed by atoms with E-state index >= 15 is 0 Å². The monoisotopic (exact) mass is 361 g/mol. The van der Waals surface area contributed by atoms with Crippen molar-refractivity contribution in [2.24, 2.45) is 0 Å². The minimum Gasteiger partial charge on any atom is -0.494 e. The van der Waals surface area contributed by atoms with Gasteiger partial charge in [0.05, 0.1) is 49.1 Å². The number of methoxy groups -OCH3 is 1. The number of hydrogen-bond acceptors (Lipinski definition) is 5. The molecule has 1 aromatic carbocycles. The second-order valence-electron chi connectivity index (χ2n) is 6.73. The van der Waals surface area contributed by atoms with Gasteiger partial charge in [0.1, 0.15) is 5.75 Å². The molecule has 4 rings (SSSR count). The van der Waals surface area contributed by atoms with Gasteiger partial charge < -0.3 is 30.1 Å². The van der Waals surface area contributed by atoms with Crippen LogP contribution in [-0.4, -0.2) is 66.4 Å². The van der Waals surface area contributed by atoms with E-state index in [0.717, 1.165) is 13.1 Å². The van der Waals surface area contributed by atoms with Crippen molar-refractivity contribution in [1.82, 2.24) is 20.2 Å². The average molecular weight is 361 g/mol. The van der Waals surface area contributed by atoms with Crippen LogP contribution in [0.5, 0.6) is 5.75 Å². The van der Waals surface area contributed by atoms with Crippen LogP contribution >= 0.6 is 0 Å². The molecule has 3 heterocycles. The van der Waals surface area contributed by atoms with E-state index in [1.807, 2.05) is 0 Å². The zero-order chi connectivity index (χ0) is 18.1. The van der Waals surface area contributed by atoms with Gasteiger partial charge in [-0.2, -0.15) is 0 Å². The molecule has 9 heteroatoms. The minimum atomic E-state index is -0.319. The van der Waals surface area contributed by atoms with Crippen molar-refractivity contribution in [3.63, 3.8) is 0 Å². The van der Waals surface area contributed by atoms with Gasteiger partial charge in [-0.05, 0) is 32.0 Å². The number of aromatic amines is 2. The number of aromatic nitrogens is 2. The highest BCUT2D eigenvalue weighted by atomic mass is 16.5. The molecule has 2 fully saturated rings. The second-order valence-corrected chi connectivity index (χ2v) is 6.73. The molecule has 0 spiro atoms. The van der Waals surface area contributed by atoms with E-state index in [-0.39, 0.29) is 23.8 Å². The quantitative estimate of drug-likeness (QED) is 0.645. The second kappa shape index (κ2) is 7.00. The van der Waals surface area contributed by atoms with Gasteiger partial charge in [0.2, 0.25) is 0 Å². The predicted molar refractivity (Wildman–Crippen MR) is 96.8 cm³/mol. The molecule has 2 atom stereocenters. The molecule has 0 aliphatic carbocycles. The summed E-state index contributed by atoms with van der Waals surface area (Å²) in [7, 11) is 1.52. The van der Waals surface area contributed by atoms with E-state index in [4.69, 9.17) is 9.47 Å². The summed E-state index contributed by atoms with van der Waals surface area (Å²) < 4.78 is 10.9. The Labute approximate surface area is 150 Å². The number of carbonyl (C=O) groups excluding carboxylic acids is 1. The molecule has 2 saturated heterocycles. The standard InChI is InChI=1S/C17H23N5O4/c1-25-15-7-11-10(18-16(23)19-11)6-12(15)20-17(24)21-13-8-26-9-14(13)22-4-2-3-5-22/h6-7,13-14H,2-5,8-9H2,1H3,(H2,18,19,23)(H2,20,21,24)/t13-,14-/m0/s1. The van der Waals surface area contributed by atoms with Crippen LogP contribution < -0.4 is 21.1 Å². The first kappa shape index (κ1) is 16.9. The molecule has 1 aromatic heterocycles. The van der Waals surface area contributed by atoms with E-state index in [1.54, 1.807) is 12.1 Å². The zero-order valence-electron chi connectivity index (χ0n) is 14.6. The Hall–Kier alpha value is -2.52. The van der Waals surface area contributed by atoms with Crippen LogP contribution in [0.3, 0.4) is 0 Å². The van der Waals surface area contributed by atoms with Crippen molar-refractivity contribution in [1.29, 1.82) is 0 Å². The number of urea groups is 1. The van der Waals surface area contributed by atoms with E-state index in [9.17, 15) is 9.59 Å². The number of ether oxygens (including phenoxy) is 2. The topological polar surface area (TPSA) is 111 Å². The molecule has 4 N–H and O–H groups in total. The lowest BCUT2D eigenvalue weighted by molar-refractivity contribution is 0.159. The van der Waals surface area contributed by atoms with Crippen LogP contribution in [0, 0.1) is 0 Å². The molecular formula is C17H23N5O4. The van der Waals surface area contributed by atoms with Crippen LogP contribution in [0.2, 0.25) is 0 Å². The molecule has 9 nitrogen and oxygen atoms in total. The highest BCUT2D eigenvalue weighted by Crippen LogP contribution is 2.28. The number of imidazole rings is 1. The summed E-state index contributed by atoms with van der Waals surface area (Å²) in [4.78, 5) is 31.7. The minimum absolute atomic E-state index is 0.0464. The third-order valence-electron chi connectivity index (χ3n) is 5.06.